The number of carbonyl (C=O) groups excluding carboxylic acids is 1. The Bertz CT molecular complexity index is 428. The Labute approximate surface area is 151 Å². The van der Waals surface area contributed by atoms with E-state index < -0.39 is 5.54 Å². The molecule has 3 unspecified atom stereocenters. The molecule has 0 radical (unpaired) electrons. The molecule has 136 valence electrons. The van der Waals surface area contributed by atoms with E-state index in [1.807, 2.05) is 0 Å². The van der Waals surface area contributed by atoms with E-state index in [2.05, 4.69) is 31.1 Å². The fourth-order valence-corrected chi connectivity index (χ4v) is 4.49. The Balaban J connectivity index is 0.00000132. The van der Waals surface area contributed by atoms with E-state index in [4.69, 9.17) is 10.5 Å². The lowest BCUT2D eigenvalue weighted by Crippen LogP contribution is -2.82. The quantitative estimate of drug-likeness (QED) is 0.777. The first-order valence-corrected chi connectivity index (χ1v) is 8.27. The molecule has 3 aliphatic rings. The SMILES string of the molecule is CN1CCC(NC(=O)C2(N)C3CCCOC3C2(C)C)CC1.Cl.Cl. The minimum atomic E-state index is -0.776. The molecule has 3 rings (SSSR count). The van der Waals surface area contributed by atoms with Crippen LogP contribution in [0, 0.1) is 11.3 Å². The Morgan fingerprint density at radius 3 is 2.43 bits per heavy atom. The number of amides is 1. The number of piperidine rings is 1. The second-order valence-electron chi connectivity index (χ2n) is 7.68. The first kappa shape index (κ1) is 21.0. The largest absolute Gasteiger partial charge is 0.377 e. The summed E-state index contributed by atoms with van der Waals surface area (Å²) in [4.78, 5) is 15.2. The first-order valence-electron chi connectivity index (χ1n) is 8.27. The third-order valence-corrected chi connectivity index (χ3v) is 6.11. The number of nitrogens with two attached hydrogens (primary N) is 1. The highest BCUT2D eigenvalue weighted by Gasteiger charge is 2.70. The van der Waals surface area contributed by atoms with E-state index in [-0.39, 0.29) is 54.2 Å². The molecule has 0 bridgehead atoms. The standard InChI is InChI=1S/C16H29N3O2.2ClH/c1-15(2)13-12(5-4-10-21-13)16(15,17)14(20)18-11-6-8-19(3)9-7-11;;/h11-13H,4-10,17H2,1-3H3,(H,18,20);2*1H. The van der Waals surface area contributed by atoms with Crippen LogP contribution in [0.25, 0.3) is 0 Å². The van der Waals surface area contributed by atoms with Gasteiger partial charge in [-0.25, -0.2) is 0 Å². The maximum atomic E-state index is 12.9. The summed E-state index contributed by atoms with van der Waals surface area (Å²) in [7, 11) is 2.13. The molecule has 0 aromatic rings. The van der Waals surface area contributed by atoms with Crippen molar-refractivity contribution in [2.45, 2.75) is 57.2 Å². The Kier molecular flexibility index (Phi) is 6.79. The van der Waals surface area contributed by atoms with Crippen LogP contribution in [0.4, 0.5) is 0 Å². The molecule has 7 heteroatoms. The highest BCUT2D eigenvalue weighted by molar-refractivity contribution is 5.89. The van der Waals surface area contributed by atoms with Gasteiger partial charge in [-0.1, -0.05) is 13.8 Å². The van der Waals surface area contributed by atoms with Gasteiger partial charge in [-0.05, 0) is 45.8 Å². The van der Waals surface area contributed by atoms with Crippen molar-refractivity contribution in [3.63, 3.8) is 0 Å². The summed E-state index contributed by atoms with van der Waals surface area (Å²) < 4.78 is 5.88. The fraction of sp³-hybridized carbons (Fsp3) is 0.938. The van der Waals surface area contributed by atoms with Gasteiger partial charge in [0.2, 0.25) is 5.91 Å². The summed E-state index contributed by atoms with van der Waals surface area (Å²) in [5.41, 5.74) is 5.56. The molecule has 3 fully saturated rings. The zero-order valence-corrected chi connectivity index (χ0v) is 16.0. The third-order valence-electron chi connectivity index (χ3n) is 6.11. The van der Waals surface area contributed by atoms with Crippen molar-refractivity contribution in [3.8, 4) is 0 Å². The first-order chi connectivity index (χ1) is 9.87. The van der Waals surface area contributed by atoms with E-state index >= 15 is 0 Å². The number of ether oxygens (including phenoxy) is 1. The van der Waals surface area contributed by atoms with Gasteiger partial charge >= 0.3 is 0 Å². The van der Waals surface area contributed by atoms with Crippen molar-refractivity contribution >= 4 is 30.7 Å². The lowest BCUT2D eigenvalue weighted by molar-refractivity contribution is -0.225. The number of fused-ring (bicyclic) bond motifs is 1. The molecule has 0 aromatic heterocycles. The normalized spacial score (nSPS) is 36.7. The number of nitrogens with zero attached hydrogens (tertiary/aromatic N) is 1. The summed E-state index contributed by atoms with van der Waals surface area (Å²) in [5, 5.41) is 3.22. The smallest absolute Gasteiger partial charge is 0.241 e. The number of carbonyl (C=O) groups is 1. The molecule has 1 saturated carbocycles. The van der Waals surface area contributed by atoms with Crippen molar-refractivity contribution in [1.82, 2.24) is 10.2 Å². The summed E-state index contributed by atoms with van der Waals surface area (Å²) in [6.07, 6.45) is 4.19. The summed E-state index contributed by atoms with van der Waals surface area (Å²) >= 11 is 0. The number of halogens is 2. The van der Waals surface area contributed by atoms with Crippen molar-refractivity contribution in [2.24, 2.45) is 17.1 Å². The molecule has 1 aliphatic carbocycles. The summed E-state index contributed by atoms with van der Waals surface area (Å²) in [6, 6.07) is 0.272. The molecule has 2 aliphatic heterocycles. The van der Waals surface area contributed by atoms with Crippen molar-refractivity contribution in [1.29, 1.82) is 0 Å². The minimum absolute atomic E-state index is 0. The van der Waals surface area contributed by atoms with E-state index in [1.54, 1.807) is 0 Å². The molecular formula is C16H31Cl2N3O2. The van der Waals surface area contributed by atoms with E-state index in [0.717, 1.165) is 45.4 Å². The number of rotatable bonds is 2. The van der Waals surface area contributed by atoms with E-state index in [0.29, 0.717) is 0 Å². The number of hydrogen-bond acceptors (Lipinski definition) is 4. The molecule has 0 spiro atoms. The molecule has 2 heterocycles. The summed E-state index contributed by atoms with van der Waals surface area (Å²) in [6.45, 7) is 7.04. The molecule has 3 N–H and O–H groups in total. The zero-order valence-electron chi connectivity index (χ0n) is 14.3. The second-order valence-corrected chi connectivity index (χ2v) is 7.68. The van der Waals surface area contributed by atoms with Crippen LogP contribution in [-0.4, -0.2) is 55.2 Å². The lowest BCUT2D eigenvalue weighted by Gasteiger charge is -2.65. The highest BCUT2D eigenvalue weighted by atomic mass is 35.5. The predicted molar refractivity (Wildman–Crippen MR) is 96.3 cm³/mol. The van der Waals surface area contributed by atoms with Gasteiger partial charge in [0.15, 0.2) is 0 Å². The third kappa shape index (κ3) is 3.23. The van der Waals surface area contributed by atoms with E-state index in [1.165, 1.54) is 0 Å². The molecule has 1 amide bonds. The van der Waals surface area contributed by atoms with Crippen LogP contribution in [0.5, 0.6) is 0 Å². The van der Waals surface area contributed by atoms with E-state index in [9.17, 15) is 4.79 Å². The average Bonchev–Trinajstić information content (AvgIpc) is 2.48. The van der Waals surface area contributed by atoms with Crippen molar-refractivity contribution < 1.29 is 9.53 Å². The Morgan fingerprint density at radius 2 is 1.83 bits per heavy atom. The van der Waals surface area contributed by atoms with Gasteiger partial charge in [0, 0.05) is 24.0 Å². The van der Waals surface area contributed by atoms with Gasteiger partial charge in [-0.2, -0.15) is 0 Å². The minimum Gasteiger partial charge on any atom is -0.377 e. The Morgan fingerprint density at radius 1 is 1.22 bits per heavy atom. The molecular weight excluding hydrogens is 337 g/mol. The number of nitrogens with one attached hydrogen (secondary N) is 1. The number of likely N-dealkylation sites (tertiary alicyclic amines) is 1. The topological polar surface area (TPSA) is 67.6 Å². The van der Waals surface area contributed by atoms with Gasteiger partial charge in [-0.3, -0.25) is 4.79 Å². The maximum Gasteiger partial charge on any atom is 0.241 e. The summed E-state index contributed by atoms with van der Waals surface area (Å²) in [5.74, 6) is 0.210. The van der Waals surface area contributed by atoms with Crippen LogP contribution in [-0.2, 0) is 9.53 Å². The monoisotopic (exact) mass is 367 g/mol. The molecule has 3 atom stereocenters. The van der Waals surface area contributed by atoms with Crippen LogP contribution in [0.15, 0.2) is 0 Å². The lowest BCUT2D eigenvalue weighted by atomic mass is 9.46. The van der Waals surface area contributed by atoms with Crippen LogP contribution < -0.4 is 11.1 Å². The van der Waals surface area contributed by atoms with Gasteiger partial charge in [0.1, 0.15) is 5.54 Å². The van der Waals surface area contributed by atoms with Gasteiger partial charge in [0.05, 0.1) is 6.10 Å². The molecule has 0 aromatic carbocycles. The molecule has 5 nitrogen and oxygen atoms in total. The highest BCUT2D eigenvalue weighted by Crippen LogP contribution is 2.57. The number of hydrogen-bond donors (Lipinski definition) is 2. The fourth-order valence-electron chi connectivity index (χ4n) is 4.49. The van der Waals surface area contributed by atoms with Crippen molar-refractivity contribution in [2.75, 3.05) is 26.7 Å². The predicted octanol–water partition coefficient (Wildman–Crippen LogP) is 1.57. The van der Waals surface area contributed by atoms with Crippen LogP contribution in [0.1, 0.15) is 39.5 Å². The Hall–Kier alpha value is -0.0700. The zero-order chi connectivity index (χ0) is 15.3. The van der Waals surface area contributed by atoms with Gasteiger partial charge < -0.3 is 20.7 Å². The van der Waals surface area contributed by atoms with Gasteiger partial charge in [-0.15, -0.1) is 24.8 Å². The van der Waals surface area contributed by atoms with Gasteiger partial charge in [0.25, 0.3) is 0 Å². The molecule has 23 heavy (non-hydrogen) atoms. The van der Waals surface area contributed by atoms with Crippen LogP contribution in [0.3, 0.4) is 0 Å². The van der Waals surface area contributed by atoms with Crippen LogP contribution in [0.2, 0.25) is 0 Å². The second kappa shape index (κ2) is 7.44. The average molecular weight is 368 g/mol. The van der Waals surface area contributed by atoms with Crippen molar-refractivity contribution in [3.05, 3.63) is 0 Å². The maximum absolute atomic E-state index is 12.9. The molecule has 2 saturated heterocycles. The van der Waals surface area contributed by atoms with Crippen LogP contribution >= 0.6 is 24.8 Å².